The van der Waals surface area contributed by atoms with Crippen LogP contribution in [0.5, 0.6) is 5.75 Å². The van der Waals surface area contributed by atoms with Crippen molar-refractivity contribution in [1.82, 2.24) is 0 Å². The van der Waals surface area contributed by atoms with Crippen LogP contribution in [0.1, 0.15) is 54.2 Å². The third kappa shape index (κ3) is 4.02. The van der Waals surface area contributed by atoms with Crippen molar-refractivity contribution in [3.8, 4) is 11.8 Å². The van der Waals surface area contributed by atoms with E-state index in [-0.39, 0.29) is 12.5 Å². The number of nitrogens with zero attached hydrogens (tertiary/aromatic N) is 1. The predicted octanol–water partition coefficient (Wildman–Crippen LogP) is 4.64. The molecule has 0 aliphatic heterocycles. The minimum atomic E-state index is -0.233. The van der Waals surface area contributed by atoms with Gasteiger partial charge in [0.05, 0.1) is 5.56 Å². The fourth-order valence-corrected chi connectivity index (χ4v) is 4.29. The van der Waals surface area contributed by atoms with E-state index >= 15 is 0 Å². The van der Waals surface area contributed by atoms with E-state index in [1.54, 1.807) is 0 Å². The van der Waals surface area contributed by atoms with E-state index in [2.05, 4.69) is 25.2 Å². The third-order valence-corrected chi connectivity index (χ3v) is 5.66. The molecule has 3 rings (SSSR count). The van der Waals surface area contributed by atoms with Gasteiger partial charge in [0.1, 0.15) is 16.8 Å². The topological polar surface area (TPSA) is 62.1 Å². The van der Waals surface area contributed by atoms with Crippen molar-refractivity contribution in [2.24, 2.45) is 0 Å². The number of carbonyl (C=O) groups is 1. The number of nitrogens with one attached hydrogen (secondary N) is 1. The second-order valence-electron chi connectivity index (χ2n) is 6.59. The Kier molecular flexibility index (Phi) is 5.40. The number of nitriles is 1. The average molecular weight is 354 g/mol. The third-order valence-electron chi connectivity index (χ3n) is 4.45. The Labute approximate surface area is 152 Å². The first-order valence-corrected chi connectivity index (χ1v) is 9.47. The van der Waals surface area contributed by atoms with Gasteiger partial charge >= 0.3 is 0 Å². The molecule has 1 aromatic carbocycles. The van der Waals surface area contributed by atoms with E-state index < -0.39 is 0 Å². The predicted molar refractivity (Wildman–Crippen MR) is 100 cm³/mol. The van der Waals surface area contributed by atoms with Crippen molar-refractivity contribution in [1.29, 1.82) is 5.26 Å². The number of rotatable bonds is 5. The molecule has 0 bridgehead atoms. The lowest BCUT2D eigenvalue weighted by Gasteiger charge is -2.09. The molecule has 0 atom stereocenters. The molecule has 1 N–H and O–H groups in total. The molecule has 4 nitrogen and oxygen atoms in total. The minimum Gasteiger partial charge on any atom is -0.484 e. The van der Waals surface area contributed by atoms with Crippen molar-refractivity contribution in [2.75, 3.05) is 11.9 Å². The first-order valence-electron chi connectivity index (χ1n) is 8.65. The summed E-state index contributed by atoms with van der Waals surface area (Å²) in [6, 6.07) is 10.0. The number of fused-ring (bicyclic) bond motifs is 1. The molecule has 1 heterocycles. The van der Waals surface area contributed by atoms with Crippen molar-refractivity contribution in [3.05, 3.63) is 45.8 Å². The number of benzene rings is 1. The van der Waals surface area contributed by atoms with Gasteiger partial charge in [-0.2, -0.15) is 5.26 Å². The van der Waals surface area contributed by atoms with Crippen LogP contribution in [0.25, 0.3) is 0 Å². The molecule has 130 valence electrons. The lowest BCUT2D eigenvalue weighted by atomic mass is 9.96. The lowest BCUT2D eigenvalue weighted by Crippen LogP contribution is -2.20. The van der Waals surface area contributed by atoms with Crippen LogP contribution < -0.4 is 10.1 Å². The van der Waals surface area contributed by atoms with Crippen LogP contribution in [0, 0.1) is 11.3 Å². The zero-order chi connectivity index (χ0) is 17.8. The Morgan fingerprint density at radius 2 is 2.00 bits per heavy atom. The summed E-state index contributed by atoms with van der Waals surface area (Å²) in [5, 5.41) is 12.9. The van der Waals surface area contributed by atoms with Gasteiger partial charge in [0.15, 0.2) is 6.61 Å². The fourth-order valence-electron chi connectivity index (χ4n) is 3.03. The molecular weight excluding hydrogens is 332 g/mol. The van der Waals surface area contributed by atoms with E-state index in [1.165, 1.54) is 21.8 Å². The summed E-state index contributed by atoms with van der Waals surface area (Å²) in [7, 11) is 0. The van der Waals surface area contributed by atoms with Crippen LogP contribution >= 0.6 is 11.3 Å². The maximum Gasteiger partial charge on any atom is 0.262 e. The summed E-state index contributed by atoms with van der Waals surface area (Å²) in [6.07, 6.45) is 4.20. The fraction of sp³-hybridized carbons (Fsp3) is 0.400. The van der Waals surface area contributed by atoms with Crippen LogP contribution in [0.2, 0.25) is 0 Å². The Morgan fingerprint density at radius 3 is 2.68 bits per heavy atom. The Bertz CT molecular complexity index is 800. The molecule has 1 aliphatic rings. The minimum absolute atomic E-state index is 0.0611. The summed E-state index contributed by atoms with van der Waals surface area (Å²) in [6.45, 7) is 4.21. The van der Waals surface area contributed by atoms with Gasteiger partial charge in [-0.05, 0) is 54.9 Å². The molecule has 0 unspecified atom stereocenters. The Morgan fingerprint density at radius 1 is 1.28 bits per heavy atom. The van der Waals surface area contributed by atoms with Gasteiger partial charge in [-0.1, -0.05) is 26.0 Å². The number of aryl methyl sites for hydroxylation is 1. The average Bonchev–Trinajstić information content (AvgIpc) is 2.97. The highest BCUT2D eigenvalue weighted by atomic mass is 32.1. The zero-order valence-corrected chi connectivity index (χ0v) is 15.4. The number of hydrogen-bond acceptors (Lipinski definition) is 4. The van der Waals surface area contributed by atoms with Crippen LogP contribution in [-0.4, -0.2) is 12.5 Å². The highest BCUT2D eigenvalue weighted by Crippen LogP contribution is 2.37. The van der Waals surface area contributed by atoms with E-state index in [4.69, 9.17) is 4.74 Å². The van der Waals surface area contributed by atoms with Gasteiger partial charge in [0.25, 0.3) is 5.91 Å². The molecule has 0 saturated heterocycles. The Balaban J connectivity index is 1.61. The van der Waals surface area contributed by atoms with Gasteiger partial charge in [0, 0.05) is 4.88 Å². The molecule has 1 aliphatic carbocycles. The second kappa shape index (κ2) is 7.71. The number of thiophene rings is 1. The molecule has 0 saturated carbocycles. The van der Waals surface area contributed by atoms with Crippen LogP contribution in [-0.2, 0) is 17.6 Å². The van der Waals surface area contributed by atoms with Crippen molar-refractivity contribution in [2.45, 2.75) is 45.4 Å². The molecule has 1 aromatic heterocycles. The SMILES string of the molecule is CC(C)c1ccc(OCC(=O)Nc2sc3c(c2C#N)CCCC3)cc1. The maximum atomic E-state index is 12.2. The van der Waals surface area contributed by atoms with E-state index in [9.17, 15) is 10.1 Å². The van der Waals surface area contributed by atoms with Gasteiger partial charge in [-0.25, -0.2) is 0 Å². The van der Waals surface area contributed by atoms with Crippen LogP contribution in [0.4, 0.5) is 5.00 Å². The zero-order valence-electron chi connectivity index (χ0n) is 14.6. The molecule has 0 fully saturated rings. The smallest absolute Gasteiger partial charge is 0.262 e. The van der Waals surface area contributed by atoms with E-state index in [0.717, 1.165) is 31.2 Å². The first kappa shape index (κ1) is 17.5. The van der Waals surface area contributed by atoms with Crippen LogP contribution in [0.3, 0.4) is 0 Å². The van der Waals surface area contributed by atoms with E-state index in [0.29, 0.717) is 22.2 Å². The van der Waals surface area contributed by atoms with Crippen LogP contribution in [0.15, 0.2) is 24.3 Å². The summed E-state index contributed by atoms with van der Waals surface area (Å²) in [5.41, 5.74) is 2.99. The number of hydrogen-bond donors (Lipinski definition) is 1. The lowest BCUT2D eigenvalue weighted by molar-refractivity contribution is -0.118. The largest absolute Gasteiger partial charge is 0.484 e. The normalized spacial score (nSPS) is 13.2. The van der Waals surface area contributed by atoms with Gasteiger partial charge in [-0.15, -0.1) is 11.3 Å². The molecule has 25 heavy (non-hydrogen) atoms. The highest BCUT2D eigenvalue weighted by Gasteiger charge is 2.21. The molecule has 1 amide bonds. The Hall–Kier alpha value is -2.32. The van der Waals surface area contributed by atoms with E-state index in [1.807, 2.05) is 24.3 Å². The van der Waals surface area contributed by atoms with Gasteiger partial charge < -0.3 is 10.1 Å². The summed E-state index contributed by atoms with van der Waals surface area (Å²) in [5.74, 6) is 0.903. The molecule has 5 heteroatoms. The monoisotopic (exact) mass is 354 g/mol. The van der Waals surface area contributed by atoms with Crippen molar-refractivity contribution in [3.63, 3.8) is 0 Å². The maximum absolute atomic E-state index is 12.2. The number of ether oxygens (including phenoxy) is 1. The van der Waals surface area contributed by atoms with Crippen molar-refractivity contribution >= 4 is 22.2 Å². The summed E-state index contributed by atoms with van der Waals surface area (Å²) < 4.78 is 5.56. The van der Waals surface area contributed by atoms with Crippen molar-refractivity contribution < 1.29 is 9.53 Å². The molecule has 0 spiro atoms. The number of carbonyl (C=O) groups excluding carboxylic acids is 1. The summed E-state index contributed by atoms with van der Waals surface area (Å²) in [4.78, 5) is 13.4. The number of anilines is 1. The standard InChI is InChI=1S/C20H22N2O2S/c1-13(2)14-7-9-15(10-8-14)24-12-19(23)22-20-17(11-21)16-5-3-4-6-18(16)25-20/h7-10,13H,3-6,12H2,1-2H3,(H,22,23). The highest BCUT2D eigenvalue weighted by molar-refractivity contribution is 7.16. The second-order valence-corrected chi connectivity index (χ2v) is 7.69. The molecular formula is C20H22N2O2S. The molecule has 0 radical (unpaired) electrons. The summed E-state index contributed by atoms with van der Waals surface area (Å²) >= 11 is 1.53. The van der Waals surface area contributed by atoms with Gasteiger partial charge in [-0.3, -0.25) is 4.79 Å². The number of amides is 1. The van der Waals surface area contributed by atoms with Gasteiger partial charge in [0.2, 0.25) is 0 Å². The quantitative estimate of drug-likeness (QED) is 0.851. The first-order chi connectivity index (χ1) is 12.1. The molecule has 2 aromatic rings.